The Labute approximate surface area is 102 Å². The molecular weight excluding hydrogens is 222 g/mol. The summed E-state index contributed by atoms with van der Waals surface area (Å²) in [5.41, 5.74) is 0. The highest BCUT2D eigenvalue weighted by Crippen LogP contribution is 1.93. The Morgan fingerprint density at radius 3 is 2.29 bits per heavy atom. The number of likely N-dealkylation sites (N-methyl/N-ethyl adjacent to an activating group) is 2. The fourth-order valence-corrected chi connectivity index (χ4v) is 1.40. The Balaban J connectivity index is 3.84. The van der Waals surface area contributed by atoms with Crippen molar-refractivity contribution < 1.29 is 14.4 Å². The van der Waals surface area contributed by atoms with Gasteiger partial charge in [0, 0.05) is 13.0 Å². The van der Waals surface area contributed by atoms with Crippen molar-refractivity contribution >= 4 is 18.0 Å². The molecule has 0 fully saturated rings. The van der Waals surface area contributed by atoms with Crippen molar-refractivity contribution in [3.8, 4) is 0 Å². The third-order valence-corrected chi connectivity index (χ3v) is 2.53. The Morgan fingerprint density at radius 1 is 1.24 bits per heavy atom. The van der Waals surface area contributed by atoms with Crippen LogP contribution in [-0.2, 0) is 14.4 Å². The van der Waals surface area contributed by atoms with Crippen molar-refractivity contribution in [2.45, 2.75) is 31.8 Å². The molecule has 1 amide bonds. The number of amides is 1. The molecule has 0 rings (SSSR count). The quantitative estimate of drug-likeness (QED) is 0.445. The molecule has 0 spiro atoms. The summed E-state index contributed by atoms with van der Waals surface area (Å²) < 4.78 is 0. The second-order valence-corrected chi connectivity index (χ2v) is 3.83. The number of hydrogen-bond acceptors (Lipinski definition) is 5. The van der Waals surface area contributed by atoms with Crippen LogP contribution in [0.1, 0.15) is 19.8 Å². The van der Waals surface area contributed by atoms with Crippen LogP contribution in [0.25, 0.3) is 0 Å². The Kier molecular flexibility index (Phi) is 8.17. The SMILES string of the molecule is CN[C@H](C=O)CC(=O)NCC[C@H](NC)C(C)=O. The van der Waals surface area contributed by atoms with Gasteiger partial charge in [0.1, 0.15) is 12.1 Å². The van der Waals surface area contributed by atoms with E-state index in [2.05, 4.69) is 16.0 Å². The number of Topliss-reactive ketones (excluding diaryl/α,β-unsaturated/α-hetero) is 1. The molecule has 6 heteroatoms. The zero-order valence-corrected chi connectivity index (χ0v) is 10.6. The Bertz CT molecular complexity index is 269. The van der Waals surface area contributed by atoms with Gasteiger partial charge in [-0.3, -0.25) is 9.59 Å². The van der Waals surface area contributed by atoms with Gasteiger partial charge >= 0.3 is 0 Å². The van der Waals surface area contributed by atoms with E-state index in [1.54, 1.807) is 14.1 Å². The normalized spacial score (nSPS) is 13.8. The predicted octanol–water partition coefficient (Wildman–Crippen LogP) is -1.15. The molecule has 0 aromatic carbocycles. The molecule has 0 aromatic heterocycles. The molecule has 0 bridgehead atoms. The highest BCUT2D eigenvalue weighted by atomic mass is 16.2. The van der Waals surface area contributed by atoms with Crippen LogP contribution < -0.4 is 16.0 Å². The minimum Gasteiger partial charge on any atom is -0.356 e. The van der Waals surface area contributed by atoms with E-state index in [0.29, 0.717) is 19.3 Å². The first-order valence-corrected chi connectivity index (χ1v) is 5.62. The van der Waals surface area contributed by atoms with Gasteiger partial charge in [-0.05, 0) is 27.4 Å². The molecule has 0 saturated heterocycles. The third kappa shape index (κ3) is 6.80. The van der Waals surface area contributed by atoms with Gasteiger partial charge in [0.05, 0.1) is 12.1 Å². The number of ketones is 1. The average Bonchev–Trinajstić information content (AvgIpc) is 2.31. The zero-order valence-electron chi connectivity index (χ0n) is 10.6. The summed E-state index contributed by atoms with van der Waals surface area (Å²) in [6.07, 6.45) is 1.36. The first-order chi connectivity index (χ1) is 8.04. The fraction of sp³-hybridized carbons (Fsp3) is 0.727. The number of nitrogens with one attached hydrogen (secondary N) is 3. The minimum absolute atomic E-state index is 0.0442. The number of aldehydes is 1. The molecular formula is C11H21N3O3. The van der Waals surface area contributed by atoms with Crippen LogP contribution in [0.3, 0.4) is 0 Å². The highest BCUT2D eigenvalue weighted by molar-refractivity contribution is 5.82. The third-order valence-electron chi connectivity index (χ3n) is 2.53. The van der Waals surface area contributed by atoms with E-state index in [1.165, 1.54) is 6.92 Å². The maximum atomic E-state index is 11.4. The van der Waals surface area contributed by atoms with Gasteiger partial charge in [-0.2, -0.15) is 0 Å². The summed E-state index contributed by atoms with van der Waals surface area (Å²) in [5.74, 6) is -0.155. The molecule has 98 valence electrons. The van der Waals surface area contributed by atoms with Crippen LogP contribution in [0.5, 0.6) is 0 Å². The van der Waals surface area contributed by atoms with Crippen LogP contribution in [0.15, 0.2) is 0 Å². The van der Waals surface area contributed by atoms with Crippen molar-refractivity contribution in [3.63, 3.8) is 0 Å². The monoisotopic (exact) mass is 243 g/mol. The molecule has 0 radical (unpaired) electrons. The molecule has 0 heterocycles. The van der Waals surface area contributed by atoms with Gasteiger partial charge in [0.15, 0.2) is 0 Å². The molecule has 0 aliphatic heterocycles. The van der Waals surface area contributed by atoms with E-state index in [0.717, 1.165) is 0 Å². The highest BCUT2D eigenvalue weighted by Gasteiger charge is 2.13. The molecule has 0 saturated carbocycles. The summed E-state index contributed by atoms with van der Waals surface area (Å²) >= 11 is 0. The van der Waals surface area contributed by atoms with E-state index < -0.39 is 6.04 Å². The van der Waals surface area contributed by atoms with E-state index >= 15 is 0 Å². The molecule has 0 unspecified atom stereocenters. The lowest BCUT2D eigenvalue weighted by molar-refractivity contribution is -0.124. The van der Waals surface area contributed by atoms with Gasteiger partial charge in [0.2, 0.25) is 5.91 Å². The lowest BCUT2D eigenvalue weighted by Gasteiger charge is -2.13. The maximum absolute atomic E-state index is 11.4. The van der Waals surface area contributed by atoms with Crippen LogP contribution >= 0.6 is 0 Å². The van der Waals surface area contributed by atoms with E-state index in [9.17, 15) is 14.4 Å². The standard InChI is InChI=1S/C11H21N3O3/c1-8(16)10(13-3)4-5-14-11(17)6-9(7-15)12-2/h7,9-10,12-13H,4-6H2,1-3H3,(H,14,17)/t9-,10-/m0/s1. The topological polar surface area (TPSA) is 87.3 Å². The lowest BCUT2D eigenvalue weighted by atomic mass is 10.1. The van der Waals surface area contributed by atoms with Crippen LogP contribution in [0.4, 0.5) is 0 Å². The predicted molar refractivity (Wildman–Crippen MR) is 64.7 cm³/mol. The molecule has 0 aliphatic rings. The van der Waals surface area contributed by atoms with E-state index in [4.69, 9.17) is 0 Å². The summed E-state index contributed by atoms with van der Waals surface area (Å²) in [7, 11) is 3.33. The number of carbonyl (C=O) groups excluding carboxylic acids is 3. The van der Waals surface area contributed by atoms with Crippen molar-refractivity contribution in [3.05, 3.63) is 0 Å². The molecule has 0 aromatic rings. The maximum Gasteiger partial charge on any atom is 0.222 e. The second-order valence-electron chi connectivity index (χ2n) is 3.83. The fourth-order valence-electron chi connectivity index (χ4n) is 1.40. The largest absolute Gasteiger partial charge is 0.356 e. The first kappa shape index (κ1) is 15.7. The van der Waals surface area contributed by atoms with Gasteiger partial charge in [0.25, 0.3) is 0 Å². The number of hydrogen-bond donors (Lipinski definition) is 3. The Morgan fingerprint density at radius 2 is 1.88 bits per heavy atom. The smallest absolute Gasteiger partial charge is 0.222 e. The van der Waals surface area contributed by atoms with Crippen molar-refractivity contribution in [1.29, 1.82) is 0 Å². The molecule has 3 N–H and O–H groups in total. The Hall–Kier alpha value is -1.27. The van der Waals surface area contributed by atoms with Crippen LogP contribution in [0, 0.1) is 0 Å². The number of rotatable bonds is 9. The van der Waals surface area contributed by atoms with Crippen LogP contribution in [0.2, 0.25) is 0 Å². The van der Waals surface area contributed by atoms with Gasteiger partial charge in [-0.1, -0.05) is 0 Å². The second kappa shape index (κ2) is 8.83. The van der Waals surface area contributed by atoms with E-state index in [1.807, 2.05) is 0 Å². The van der Waals surface area contributed by atoms with Crippen molar-refractivity contribution in [2.75, 3.05) is 20.6 Å². The summed E-state index contributed by atoms with van der Waals surface area (Å²) in [5, 5.41) is 8.26. The van der Waals surface area contributed by atoms with Gasteiger partial charge in [-0.15, -0.1) is 0 Å². The average molecular weight is 243 g/mol. The molecule has 6 nitrogen and oxygen atoms in total. The summed E-state index contributed by atoms with van der Waals surface area (Å²) in [6, 6.07) is -0.690. The summed E-state index contributed by atoms with van der Waals surface area (Å²) in [6.45, 7) is 1.92. The number of carbonyl (C=O) groups is 3. The minimum atomic E-state index is -0.456. The van der Waals surface area contributed by atoms with E-state index in [-0.39, 0.29) is 24.2 Å². The zero-order chi connectivity index (χ0) is 13.3. The van der Waals surface area contributed by atoms with Gasteiger partial charge < -0.3 is 20.7 Å². The molecule has 2 atom stereocenters. The molecule has 17 heavy (non-hydrogen) atoms. The summed E-state index contributed by atoms with van der Waals surface area (Å²) in [4.78, 5) is 33.0. The van der Waals surface area contributed by atoms with Crippen LogP contribution in [-0.4, -0.2) is 50.7 Å². The first-order valence-electron chi connectivity index (χ1n) is 5.62. The van der Waals surface area contributed by atoms with Crippen molar-refractivity contribution in [1.82, 2.24) is 16.0 Å². The molecule has 0 aliphatic carbocycles. The van der Waals surface area contributed by atoms with Crippen molar-refractivity contribution in [2.24, 2.45) is 0 Å². The lowest BCUT2D eigenvalue weighted by Crippen LogP contribution is -2.39. The van der Waals surface area contributed by atoms with Gasteiger partial charge in [-0.25, -0.2) is 0 Å².